The van der Waals surface area contributed by atoms with Crippen LogP contribution in [0.4, 0.5) is 4.39 Å². The Morgan fingerprint density at radius 3 is 2.76 bits per heavy atom. The van der Waals surface area contributed by atoms with Crippen molar-refractivity contribution < 1.29 is 18.7 Å². The molecule has 0 aliphatic heterocycles. The van der Waals surface area contributed by atoms with Crippen LogP contribution in [0.15, 0.2) is 54.9 Å². The lowest BCUT2D eigenvalue weighted by atomic mass is 9.84. The number of benzene rings is 1. The number of nitrogens with zero attached hydrogens (tertiary/aromatic N) is 1. The topological polar surface area (TPSA) is 68.3 Å². The second kappa shape index (κ2) is 8.55. The molecule has 4 unspecified atom stereocenters. The van der Waals surface area contributed by atoms with Gasteiger partial charge in [0.1, 0.15) is 12.4 Å². The van der Waals surface area contributed by atoms with Gasteiger partial charge in [0.15, 0.2) is 0 Å². The van der Waals surface area contributed by atoms with E-state index < -0.39 is 5.82 Å². The number of aromatic nitrogens is 1. The van der Waals surface area contributed by atoms with Gasteiger partial charge in [0.25, 0.3) is 0 Å². The fraction of sp³-hybridized carbons (Fsp3) is 0.348. The van der Waals surface area contributed by atoms with Crippen LogP contribution < -0.4 is 5.32 Å². The molecule has 6 heteroatoms. The normalized spacial score (nSPS) is 25.3. The summed E-state index contributed by atoms with van der Waals surface area (Å²) in [6, 6.07) is 10.6. The molecule has 0 spiro atoms. The monoisotopic (exact) mass is 394 g/mol. The molecule has 2 saturated carbocycles. The van der Waals surface area contributed by atoms with Gasteiger partial charge in [0, 0.05) is 18.3 Å². The Kier molecular flexibility index (Phi) is 5.69. The number of rotatable bonds is 6. The maximum atomic E-state index is 13.2. The quantitative estimate of drug-likeness (QED) is 0.601. The number of halogens is 1. The van der Waals surface area contributed by atoms with E-state index in [1.807, 2.05) is 30.3 Å². The van der Waals surface area contributed by atoms with Gasteiger partial charge in [0.05, 0.1) is 12.1 Å². The van der Waals surface area contributed by atoms with Crippen molar-refractivity contribution in [3.63, 3.8) is 0 Å². The molecule has 4 atom stereocenters. The number of ether oxygens (including phenoxy) is 1. The lowest BCUT2D eigenvalue weighted by Gasteiger charge is -2.29. The minimum atomic E-state index is -0.457. The first-order chi connectivity index (χ1) is 14.1. The van der Waals surface area contributed by atoms with Gasteiger partial charge < -0.3 is 10.1 Å². The summed E-state index contributed by atoms with van der Waals surface area (Å²) in [4.78, 5) is 29.0. The molecule has 0 saturated heterocycles. The van der Waals surface area contributed by atoms with E-state index in [1.54, 1.807) is 0 Å². The van der Waals surface area contributed by atoms with Crippen LogP contribution in [0.25, 0.3) is 6.08 Å². The van der Waals surface area contributed by atoms with Crippen LogP contribution >= 0.6 is 0 Å². The summed E-state index contributed by atoms with van der Waals surface area (Å²) in [6.45, 7) is 0.237. The minimum absolute atomic E-state index is 0.222. The average molecular weight is 394 g/mol. The molecule has 2 aliphatic carbocycles. The van der Waals surface area contributed by atoms with Crippen LogP contribution in [-0.2, 0) is 20.9 Å². The SMILES string of the molecule is O=C(C=Cc1cncc(F)c1)NC1C2CCC(C2)C1C(=O)OCc1ccccc1. The lowest BCUT2D eigenvalue weighted by molar-refractivity contribution is -0.152. The number of pyridine rings is 1. The van der Waals surface area contributed by atoms with Gasteiger partial charge in [-0.1, -0.05) is 30.3 Å². The van der Waals surface area contributed by atoms with Crippen LogP contribution in [-0.4, -0.2) is 22.9 Å². The summed E-state index contributed by atoms with van der Waals surface area (Å²) in [5.74, 6) is -0.766. The number of esters is 1. The van der Waals surface area contributed by atoms with Gasteiger partial charge in [-0.3, -0.25) is 14.6 Å². The molecule has 4 rings (SSSR count). The molecule has 1 N–H and O–H groups in total. The standard InChI is InChI=1S/C23H23FN2O3/c24-19-10-16(12-25-13-19)6-9-20(27)26-22-18-8-7-17(11-18)21(22)23(28)29-14-15-4-2-1-3-5-15/h1-6,9-10,12-13,17-18,21-22H,7-8,11,14H2,(H,26,27). The smallest absolute Gasteiger partial charge is 0.311 e. The summed E-state index contributed by atoms with van der Waals surface area (Å²) in [6.07, 6.45) is 8.40. The second-order valence-electron chi connectivity index (χ2n) is 7.76. The third-order valence-corrected chi connectivity index (χ3v) is 5.87. The summed E-state index contributed by atoms with van der Waals surface area (Å²) in [5, 5.41) is 2.98. The van der Waals surface area contributed by atoms with Crippen LogP contribution in [0.3, 0.4) is 0 Å². The molecule has 1 aromatic carbocycles. The van der Waals surface area contributed by atoms with E-state index >= 15 is 0 Å². The van der Waals surface area contributed by atoms with Gasteiger partial charge >= 0.3 is 5.97 Å². The van der Waals surface area contributed by atoms with Crippen LogP contribution in [0.2, 0.25) is 0 Å². The highest BCUT2D eigenvalue weighted by Gasteiger charge is 2.52. The van der Waals surface area contributed by atoms with Crippen molar-refractivity contribution in [1.82, 2.24) is 10.3 Å². The zero-order valence-corrected chi connectivity index (χ0v) is 16.0. The molecule has 2 aromatic rings. The number of nitrogens with one attached hydrogen (secondary N) is 1. The molecule has 2 aliphatic rings. The maximum absolute atomic E-state index is 13.2. The van der Waals surface area contributed by atoms with Crippen molar-refractivity contribution in [3.8, 4) is 0 Å². The third kappa shape index (κ3) is 4.53. The number of fused-ring (bicyclic) bond motifs is 2. The van der Waals surface area contributed by atoms with Gasteiger partial charge in [-0.15, -0.1) is 0 Å². The Balaban J connectivity index is 1.38. The van der Waals surface area contributed by atoms with Crippen molar-refractivity contribution in [2.75, 3.05) is 0 Å². The van der Waals surface area contributed by atoms with E-state index in [0.29, 0.717) is 11.5 Å². The van der Waals surface area contributed by atoms with Gasteiger partial charge in [0.2, 0.25) is 5.91 Å². The van der Waals surface area contributed by atoms with E-state index in [0.717, 1.165) is 31.0 Å². The molecule has 29 heavy (non-hydrogen) atoms. The Morgan fingerprint density at radius 1 is 1.17 bits per heavy atom. The molecule has 5 nitrogen and oxygen atoms in total. The summed E-state index contributed by atoms with van der Waals surface area (Å²) in [7, 11) is 0. The highest BCUT2D eigenvalue weighted by atomic mass is 19.1. The summed E-state index contributed by atoms with van der Waals surface area (Å²) >= 11 is 0. The molecule has 1 amide bonds. The van der Waals surface area contributed by atoms with Gasteiger partial charge in [-0.25, -0.2) is 4.39 Å². The Hall–Kier alpha value is -3.02. The maximum Gasteiger partial charge on any atom is 0.311 e. The molecule has 150 valence electrons. The Labute approximate surface area is 169 Å². The predicted octanol–water partition coefficient (Wildman–Crippen LogP) is 3.51. The van der Waals surface area contributed by atoms with Crippen LogP contribution in [0.1, 0.15) is 30.4 Å². The second-order valence-corrected chi connectivity index (χ2v) is 7.76. The summed E-state index contributed by atoms with van der Waals surface area (Å²) in [5.41, 5.74) is 1.45. The number of hydrogen-bond acceptors (Lipinski definition) is 4. The fourth-order valence-electron chi connectivity index (χ4n) is 4.57. The first-order valence-electron chi connectivity index (χ1n) is 9.90. The van der Waals surface area contributed by atoms with E-state index in [4.69, 9.17) is 4.74 Å². The van der Waals surface area contributed by atoms with Gasteiger partial charge in [-0.05, 0) is 54.4 Å². The number of hydrogen-bond donors (Lipinski definition) is 1. The highest BCUT2D eigenvalue weighted by Crippen LogP contribution is 2.49. The third-order valence-electron chi connectivity index (χ3n) is 5.87. The molecular formula is C23H23FN2O3. The minimum Gasteiger partial charge on any atom is -0.461 e. The number of amides is 1. The molecular weight excluding hydrogens is 371 g/mol. The largest absolute Gasteiger partial charge is 0.461 e. The zero-order valence-electron chi connectivity index (χ0n) is 16.0. The zero-order chi connectivity index (χ0) is 20.2. The molecule has 0 radical (unpaired) electrons. The van der Waals surface area contributed by atoms with E-state index in [-0.39, 0.29) is 36.4 Å². The van der Waals surface area contributed by atoms with Crippen molar-refractivity contribution in [2.24, 2.45) is 17.8 Å². The van der Waals surface area contributed by atoms with E-state index in [1.165, 1.54) is 24.4 Å². The van der Waals surface area contributed by atoms with Crippen LogP contribution in [0.5, 0.6) is 0 Å². The Morgan fingerprint density at radius 2 is 1.97 bits per heavy atom. The van der Waals surface area contributed by atoms with Crippen molar-refractivity contribution in [2.45, 2.75) is 31.9 Å². The predicted molar refractivity (Wildman–Crippen MR) is 106 cm³/mol. The highest BCUT2D eigenvalue weighted by molar-refractivity contribution is 5.92. The molecule has 2 bridgehead atoms. The van der Waals surface area contributed by atoms with E-state index in [9.17, 15) is 14.0 Å². The first kappa shape index (κ1) is 19.3. The van der Waals surface area contributed by atoms with Crippen molar-refractivity contribution in [1.29, 1.82) is 0 Å². The van der Waals surface area contributed by atoms with Crippen LogP contribution in [0, 0.1) is 23.6 Å². The van der Waals surface area contributed by atoms with Gasteiger partial charge in [-0.2, -0.15) is 0 Å². The molecule has 1 aromatic heterocycles. The first-order valence-corrected chi connectivity index (χ1v) is 9.90. The van der Waals surface area contributed by atoms with Crippen molar-refractivity contribution in [3.05, 3.63) is 71.8 Å². The molecule has 2 fully saturated rings. The molecule has 1 heterocycles. The average Bonchev–Trinajstić information content (AvgIpc) is 3.33. The summed E-state index contributed by atoms with van der Waals surface area (Å²) < 4.78 is 18.8. The number of carbonyl (C=O) groups excluding carboxylic acids is 2. The van der Waals surface area contributed by atoms with Crippen molar-refractivity contribution >= 4 is 18.0 Å². The van der Waals surface area contributed by atoms with E-state index in [2.05, 4.69) is 10.3 Å². The fourth-order valence-corrected chi connectivity index (χ4v) is 4.57. The Bertz CT molecular complexity index is 915. The number of carbonyl (C=O) groups is 2. The lowest BCUT2D eigenvalue weighted by Crippen LogP contribution is -2.46.